The lowest BCUT2D eigenvalue weighted by Crippen LogP contribution is -2.12. The lowest BCUT2D eigenvalue weighted by molar-refractivity contribution is 0.102. The average Bonchev–Trinajstić information content (AvgIpc) is 3.30. The standard InChI is InChI=1S/C26H22ClN5O3/c1-32-15-20(14-30-32)19-9-17(25(28)29-13-19)5-4-16-8-18(6-7-24(16)27)26(33)31-21-10-22(34-2)12-23(11-21)35-3/h6-15H,1-3H3,(H2,28,29)(H,31,33). The van der Waals surface area contributed by atoms with Crippen LogP contribution < -0.4 is 20.5 Å². The van der Waals surface area contributed by atoms with Crippen LogP contribution in [0.3, 0.4) is 0 Å². The molecule has 9 heteroatoms. The number of amides is 1. The van der Waals surface area contributed by atoms with Crippen molar-refractivity contribution >= 4 is 29.0 Å². The molecule has 35 heavy (non-hydrogen) atoms. The predicted molar refractivity (Wildman–Crippen MR) is 136 cm³/mol. The van der Waals surface area contributed by atoms with Crippen LogP contribution in [0.4, 0.5) is 11.5 Å². The SMILES string of the molecule is COc1cc(NC(=O)c2ccc(Cl)c(C#Cc3cc(-c4cnn(C)c4)cnc3N)c2)cc(OC)c1. The number of methoxy groups -OCH3 is 2. The molecular weight excluding hydrogens is 466 g/mol. The zero-order chi connectivity index (χ0) is 24.9. The van der Waals surface area contributed by atoms with Gasteiger partial charge in [-0.3, -0.25) is 9.48 Å². The van der Waals surface area contributed by atoms with Crippen LogP contribution in [0.2, 0.25) is 5.02 Å². The van der Waals surface area contributed by atoms with Crippen LogP contribution in [-0.4, -0.2) is 34.9 Å². The lowest BCUT2D eigenvalue weighted by Gasteiger charge is -2.10. The summed E-state index contributed by atoms with van der Waals surface area (Å²) in [7, 11) is 4.92. The van der Waals surface area contributed by atoms with Crippen LogP contribution in [0.25, 0.3) is 11.1 Å². The molecule has 0 fully saturated rings. The molecule has 2 heterocycles. The zero-order valence-corrected chi connectivity index (χ0v) is 20.1. The van der Waals surface area contributed by atoms with E-state index in [9.17, 15) is 4.79 Å². The van der Waals surface area contributed by atoms with Crippen molar-refractivity contribution in [3.8, 4) is 34.5 Å². The van der Waals surface area contributed by atoms with Crippen LogP contribution >= 0.6 is 11.6 Å². The molecule has 4 rings (SSSR count). The molecule has 4 aromatic rings. The number of nitrogens with one attached hydrogen (secondary N) is 1. The van der Waals surface area contributed by atoms with E-state index in [0.717, 1.165) is 11.1 Å². The first-order valence-corrected chi connectivity index (χ1v) is 10.8. The van der Waals surface area contributed by atoms with Gasteiger partial charge in [0.2, 0.25) is 0 Å². The van der Waals surface area contributed by atoms with Crippen molar-refractivity contribution in [2.45, 2.75) is 0 Å². The van der Waals surface area contributed by atoms with E-state index in [1.165, 1.54) is 0 Å². The molecule has 0 atom stereocenters. The number of carbonyl (C=O) groups is 1. The number of carbonyl (C=O) groups excluding carboxylic acids is 1. The van der Waals surface area contributed by atoms with Crippen molar-refractivity contribution in [2.75, 3.05) is 25.3 Å². The zero-order valence-electron chi connectivity index (χ0n) is 19.3. The van der Waals surface area contributed by atoms with Crippen molar-refractivity contribution in [3.05, 3.63) is 82.8 Å². The molecule has 0 radical (unpaired) electrons. The average molecular weight is 488 g/mol. The fourth-order valence-corrected chi connectivity index (χ4v) is 3.45. The second kappa shape index (κ2) is 10.2. The number of hydrogen-bond donors (Lipinski definition) is 2. The summed E-state index contributed by atoms with van der Waals surface area (Å²) in [5.41, 5.74) is 9.70. The Labute approximate surface area is 207 Å². The van der Waals surface area contributed by atoms with Crippen molar-refractivity contribution in [1.29, 1.82) is 0 Å². The van der Waals surface area contributed by atoms with E-state index in [4.69, 9.17) is 26.8 Å². The Hall–Kier alpha value is -4.48. The van der Waals surface area contributed by atoms with Crippen LogP contribution in [0.15, 0.2) is 61.1 Å². The summed E-state index contributed by atoms with van der Waals surface area (Å²) >= 11 is 6.35. The van der Waals surface area contributed by atoms with Crippen LogP contribution in [0.1, 0.15) is 21.5 Å². The number of nitrogens with two attached hydrogens (primary N) is 1. The number of rotatable bonds is 5. The number of aryl methyl sites for hydroxylation is 1. The van der Waals surface area contributed by atoms with E-state index >= 15 is 0 Å². The van der Waals surface area contributed by atoms with Gasteiger partial charge in [0.1, 0.15) is 17.3 Å². The lowest BCUT2D eigenvalue weighted by atomic mass is 10.1. The molecule has 0 saturated heterocycles. The first-order chi connectivity index (χ1) is 16.9. The van der Waals surface area contributed by atoms with Gasteiger partial charge in [-0.1, -0.05) is 23.4 Å². The number of aromatic nitrogens is 3. The Morgan fingerprint density at radius 3 is 2.37 bits per heavy atom. The van der Waals surface area contributed by atoms with Crippen LogP contribution in [-0.2, 0) is 7.05 Å². The topological polar surface area (TPSA) is 104 Å². The van der Waals surface area contributed by atoms with E-state index in [2.05, 4.69) is 27.2 Å². The van der Waals surface area contributed by atoms with E-state index in [0.29, 0.717) is 44.7 Å². The van der Waals surface area contributed by atoms with Gasteiger partial charge in [0.05, 0.1) is 31.0 Å². The molecule has 0 bridgehead atoms. The van der Waals surface area contributed by atoms with Gasteiger partial charge in [-0.2, -0.15) is 5.10 Å². The minimum Gasteiger partial charge on any atom is -0.497 e. The fraction of sp³-hybridized carbons (Fsp3) is 0.115. The Morgan fingerprint density at radius 2 is 1.71 bits per heavy atom. The van der Waals surface area contributed by atoms with E-state index in [1.54, 1.807) is 67.7 Å². The first-order valence-electron chi connectivity index (χ1n) is 10.5. The van der Waals surface area contributed by atoms with Gasteiger partial charge in [0.25, 0.3) is 5.91 Å². The molecule has 3 N–H and O–H groups in total. The fourth-order valence-electron chi connectivity index (χ4n) is 3.28. The molecule has 1 amide bonds. The molecule has 2 aromatic heterocycles. The summed E-state index contributed by atoms with van der Waals surface area (Å²) in [6.45, 7) is 0. The maximum absolute atomic E-state index is 12.9. The highest BCUT2D eigenvalue weighted by atomic mass is 35.5. The number of nitrogens with zero attached hydrogens (tertiary/aromatic N) is 3. The summed E-state index contributed by atoms with van der Waals surface area (Å²) in [6, 6.07) is 11.8. The van der Waals surface area contributed by atoms with Gasteiger partial charge in [0, 0.05) is 65.6 Å². The molecule has 0 saturated carbocycles. The van der Waals surface area contributed by atoms with Crippen molar-refractivity contribution in [2.24, 2.45) is 7.05 Å². The highest BCUT2D eigenvalue weighted by Gasteiger charge is 2.11. The van der Waals surface area contributed by atoms with Gasteiger partial charge in [-0.25, -0.2) is 4.98 Å². The third-order valence-electron chi connectivity index (χ3n) is 5.13. The molecule has 0 spiro atoms. The smallest absolute Gasteiger partial charge is 0.255 e. The number of pyridine rings is 1. The Balaban J connectivity index is 1.60. The molecule has 2 aromatic carbocycles. The van der Waals surface area contributed by atoms with Gasteiger partial charge >= 0.3 is 0 Å². The monoisotopic (exact) mass is 487 g/mol. The normalized spacial score (nSPS) is 10.3. The number of benzene rings is 2. The summed E-state index contributed by atoms with van der Waals surface area (Å²) in [5.74, 6) is 7.10. The number of hydrogen-bond acceptors (Lipinski definition) is 6. The molecule has 176 valence electrons. The van der Waals surface area contributed by atoms with E-state index < -0.39 is 0 Å². The summed E-state index contributed by atoms with van der Waals surface area (Å²) in [5, 5.41) is 7.42. The van der Waals surface area contributed by atoms with Crippen molar-refractivity contribution < 1.29 is 14.3 Å². The van der Waals surface area contributed by atoms with Gasteiger partial charge in [-0.15, -0.1) is 0 Å². The minimum atomic E-state index is -0.334. The highest BCUT2D eigenvalue weighted by molar-refractivity contribution is 6.32. The number of ether oxygens (including phenoxy) is 2. The Bertz CT molecular complexity index is 1450. The molecule has 0 aliphatic rings. The summed E-state index contributed by atoms with van der Waals surface area (Å²) < 4.78 is 12.2. The first kappa shape index (κ1) is 23.7. The Morgan fingerprint density at radius 1 is 1.00 bits per heavy atom. The van der Waals surface area contributed by atoms with Crippen LogP contribution in [0, 0.1) is 11.8 Å². The summed E-state index contributed by atoms with van der Waals surface area (Å²) in [4.78, 5) is 17.1. The third kappa shape index (κ3) is 5.54. The third-order valence-corrected chi connectivity index (χ3v) is 5.46. The Kier molecular flexibility index (Phi) is 6.90. The van der Waals surface area contributed by atoms with Crippen LogP contribution in [0.5, 0.6) is 11.5 Å². The van der Waals surface area contributed by atoms with Gasteiger partial charge < -0.3 is 20.5 Å². The highest BCUT2D eigenvalue weighted by Crippen LogP contribution is 2.27. The maximum atomic E-state index is 12.9. The number of halogens is 1. The van der Waals surface area contributed by atoms with E-state index in [-0.39, 0.29) is 5.91 Å². The van der Waals surface area contributed by atoms with Crippen molar-refractivity contribution in [1.82, 2.24) is 14.8 Å². The van der Waals surface area contributed by atoms with Gasteiger partial charge in [0.15, 0.2) is 0 Å². The molecule has 0 aliphatic carbocycles. The molecule has 0 aliphatic heterocycles. The largest absolute Gasteiger partial charge is 0.497 e. The maximum Gasteiger partial charge on any atom is 0.255 e. The second-order valence-corrected chi connectivity index (χ2v) is 7.97. The quantitative estimate of drug-likeness (QED) is 0.405. The van der Waals surface area contributed by atoms with E-state index in [1.807, 2.05) is 19.3 Å². The number of nitrogen functional groups attached to an aromatic ring is 1. The molecule has 8 nitrogen and oxygen atoms in total. The van der Waals surface area contributed by atoms with Crippen molar-refractivity contribution in [3.63, 3.8) is 0 Å². The second-order valence-electron chi connectivity index (χ2n) is 7.56. The number of anilines is 2. The minimum absolute atomic E-state index is 0.294. The molecular formula is C26H22ClN5O3. The molecule has 0 unspecified atom stereocenters. The van der Waals surface area contributed by atoms with Gasteiger partial charge in [-0.05, 0) is 24.3 Å². The predicted octanol–water partition coefficient (Wildman–Crippen LogP) is 4.39. The summed E-state index contributed by atoms with van der Waals surface area (Å²) in [6.07, 6.45) is 5.28.